The fourth-order valence-corrected chi connectivity index (χ4v) is 1.51. The second-order valence-electron chi connectivity index (χ2n) is 3.49. The van der Waals surface area contributed by atoms with E-state index in [1.54, 1.807) is 0 Å². The summed E-state index contributed by atoms with van der Waals surface area (Å²) in [5, 5.41) is 3.34. The maximum absolute atomic E-state index is 3.34. The van der Waals surface area contributed by atoms with Crippen molar-refractivity contribution in [3.63, 3.8) is 0 Å². The molecule has 0 rings (SSSR count). The molecule has 0 atom stereocenters. The summed E-state index contributed by atoms with van der Waals surface area (Å²) in [7, 11) is 2.04. The molecule has 62 valence electrons. The number of hydrogen-bond donors (Lipinski definition) is 1. The van der Waals surface area contributed by atoms with Gasteiger partial charge in [0, 0.05) is 5.54 Å². The lowest BCUT2D eigenvalue weighted by Gasteiger charge is -2.32. The monoisotopic (exact) mass is 143 g/mol. The second-order valence-corrected chi connectivity index (χ2v) is 3.49. The molecule has 1 heteroatoms. The van der Waals surface area contributed by atoms with Crippen LogP contribution in [0.1, 0.15) is 40.5 Å². The summed E-state index contributed by atoms with van der Waals surface area (Å²) in [6.45, 7) is 9.05. The predicted molar refractivity (Wildman–Crippen MR) is 47.2 cm³/mol. The van der Waals surface area contributed by atoms with Gasteiger partial charge in [0.2, 0.25) is 0 Å². The highest BCUT2D eigenvalue weighted by atomic mass is 14.9. The van der Waals surface area contributed by atoms with Gasteiger partial charge in [0.25, 0.3) is 0 Å². The minimum absolute atomic E-state index is 0.309. The van der Waals surface area contributed by atoms with Gasteiger partial charge in [-0.15, -0.1) is 0 Å². The molecule has 10 heavy (non-hydrogen) atoms. The normalized spacial score (nSPS) is 12.6. The molecule has 0 aromatic carbocycles. The van der Waals surface area contributed by atoms with Crippen molar-refractivity contribution >= 4 is 0 Å². The van der Waals surface area contributed by atoms with E-state index in [9.17, 15) is 0 Å². The number of nitrogens with one attached hydrogen (secondary N) is 1. The van der Waals surface area contributed by atoms with E-state index >= 15 is 0 Å². The molecule has 0 bridgehead atoms. The van der Waals surface area contributed by atoms with Crippen molar-refractivity contribution in [2.75, 3.05) is 7.05 Å². The third kappa shape index (κ3) is 2.30. The van der Waals surface area contributed by atoms with E-state index in [4.69, 9.17) is 0 Å². The number of hydrogen-bond acceptors (Lipinski definition) is 1. The molecule has 0 aromatic heterocycles. The third-order valence-electron chi connectivity index (χ3n) is 2.65. The summed E-state index contributed by atoms with van der Waals surface area (Å²) >= 11 is 0. The third-order valence-corrected chi connectivity index (χ3v) is 2.65. The maximum atomic E-state index is 3.34. The Morgan fingerprint density at radius 1 is 1.20 bits per heavy atom. The quantitative estimate of drug-likeness (QED) is 0.637. The average molecular weight is 143 g/mol. The smallest absolute Gasteiger partial charge is 0.0150 e. The van der Waals surface area contributed by atoms with Crippen LogP contribution >= 0.6 is 0 Å². The lowest BCUT2D eigenvalue weighted by atomic mass is 9.84. The van der Waals surface area contributed by atoms with Gasteiger partial charge >= 0.3 is 0 Å². The Kier molecular flexibility index (Phi) is 3.95. The summed E-state index contributed by atoms with van der Waals surface area (Å²) < 4.78 is 0. The number of rotatable bonds is 4. The molecular weight excluding hydrogens is 122 g/mol. The molecule has 0 unspecified atom stereocenters. The van der Waals surface area contributed by atoms with E-state index in [0.29, 0.717) is 5.54 Å². The summed E-state index contributed by atoms with van der Waals surface area (Å²) in [5.74, 6) is 0.803. The highest BCUT2D eigenvalue weighted by molar-refractivity contribution is 4.82. The van der Waals surface area contributed by atoms with Crippen LogP contribution in [0.2, 0.25) is 0 Å². The molecule has 0 aliphatic rings. The van der Waals surface area contributed by atoms with Crippen LogP contribution in [0.25, 0.3) is 0 Å². The largest absolute Gasteiger partial charge is 0.315 e. The highest BCUT2D eigenvalue weighted by Gasteiger charge is 2.23. The van der Waals surface area contributed by atoms with Crippen molar-refractivity contribution in [3.8, 4) is 0 Å². The van der Waals surface area contributed by atoms with Gasteiger partial charge in [-0.25, -0.2) is 0 Å². The van der Waals surface area contributed by atoms with Crippen molar-refractivity contribution < 1.29 is 0 Å². The first kappa shape index (κ1) is 9.96. The van der Waals surface area contributed by atoms with Gasteiger partial charge in [0.05, 0.1) is 0 Å². The van der Waals surface area contributed by atoms with Gasteiger partial charge in [-0.2, -0.15) is 0 Å². The zero-order chi connectivity index (χ0) is 8.20. The summed E-state index contributed by atoms with van der Waals surface area (Å²) in [5.41, 5.74) is 0.309. The molecule has 0 aliphatic heterocycles. The standard InChI is InChI=1S/C9H21N/c1-6-8(7-2)9(3,4)10-5/h8,10H,6-7H2,1-5H3. The van der Waals surface area contributed by atoms with Crippen molar-refractivity contribution in [2.24, 2.45) is 5.92 Å². The molecule has 0 saturated carbocycles. The van der Waals surface area contributed by atoms with Gasteiger partial charge in [0.15, 0.2) is 0 Å². The zero-order valence-corrected chi connectivity index (χ0v) is 7.99. The summed E-state index contributed by atoms with van der Waals surface area (Å²) in [6.07, 6.45) is 2.54. The van der Waals surface area contributed by atoms with Crippen LogP contribution in [0, 0.1) is 5.92 Å². The molecule has 0 spiro atoms. The fraction of sp³-hybridized carbons (Fsp3) is 1.00. The van der Waals surface area contributed by atoms with E-state index in [1.165, 1.54) is 12.8 Å². The Hall–Kier alpha value is -0.0400. The van der Waals surface area contributed by atoms with Crippen LogP contribution in [-0.2, 0) is 0 Å². The molecule has 0 amide bonds. The molecule has 0 fully saturated rings. The Labute approximate surface area is 65.2 Å². The Morgan fingerprint density at radius 2 is 1.60 bits per heavy atom. The SMILES string of the molecule is CCC(CC)C(C)(C)NC. The lowest BCUT2D eigenvalue weighted by molar-refractivity contribution is 0.254. The van der Waals surface area contributed by atoms with Crippen LogP contribution < -0.4 is 5.32 Å². The second kappa shape index (κ2) is 3.97. The zero-order valence-electron chi connectivity index (χ0n) is 7.99. The van der Waals surface area contributed by atoms with Crippen molar-refractivity contribution in [3.05, 3.63) is 0 Å². The van der Waals surface area contributed by atoms with Crippen LogP contribution in [0.3, 0.4) is 0 Å². The van der Waals surface area contributed by atoms with Crippen LogP contribution in [0.15, 0.2) is 0 Å². The highest BCUT2D eigenvalue weighted by Crippen LogP contribution is 2.22. The fourth-order valence-electron chi connectivity index (χ4n) is 1.51. The Bertz CT molecular complexity index is 82.7. The molecule has 0 aromatic rings. The van der Waals surface area contributed by atoms with Gasteiger partial charge in [-0.05, 0) is 26.8 Å². The molecule has 1 nitrogen and oxygen atoms in total. The van der Waals surface area contributed by atoms with Crippen LogP contribution in [0.5, 0.6) is 0 Å². The molecule has 0 aliphatic carbocycles. The van der Waals surface area contributed by atoms with Crippen molar-refractivity contribution in [2.45, 2.75) is 46.1 Å². The van der Waals surface area contributed by atoms with E-state index in [1.807, 2.05) is 7.05 Å². The molecule has 0 saturated heterocycles. The average Bonchev–Trinajstić information content (AvgIpc) is 1.90. The lowest BCUT2D eigenvalue weighted by Crippen LogP contribution is -2.43. The predicted octanol–water partition coefficient (Wildman–Crippen LogP) is 2.42. The van der Waals surface area contributed by atoms with E-state index in [-0.39, 0.29) is 0 Å². The molecular formula is C9H21N. The van der Waals surface area contributed by atoms with Gasteiger partial charge in [0.1, 0.15) is 0 Å². The van der Waals surface area contributed by atoms with E-state index in [0.717, 1.165) is 5.92 Å². The Balaban J connectivity index is 3.97. The van der Waals surface area contributed by atoms with Gasteiger partial charge in [-0.3, -0.25) is 0 Å². The van der Waals surface area contributed by atoms with Crippen LogP contribution in [0.4, 0.5) is 0 Å². The van der Waals surface area contributed by atoms with Crippen LogP contribution in [-0.4, -0.2) is 12.6 Å². The molecule has 0 radical (unpaired) electrons. The summed E-state index contributed by atoms with van der Waals surface area (Å²) in [4.78, 5) is 0. The van der Waals surface area contributed by atoms with E-state index in [2.05, 4.69) is 33.0 Å². The van der Waals surface area contributed by atoms with Crippen molar-refractivity contribution in [1.29, 1.82) is 0 Å². The minimum Gasteiger partial charge on any atom is -0.315 e. The summed E-state index contributed by atoms with van der Waals surface area (Å²) in [6, 6.07) is 0. The molecule has 1 N–H and O–H groups in total. The minimum atomic E-state index is 0.309. The first-order valence-corrected chi connectivity index (χ1v) is 4.27. The molecule has 0 heterocycles. The first-order chi connectivity index (χ1) is 4.58. The van der Waals surface area contributed by atoms with E-state index < -0.39 is 0 Å². The van der Waals surface area contributed by atoms with Gasteiger partial charge < -0.3 is 5.32 Å². The van der Waals surface area contributed by atoms with Crippen molar-refractivity contribution in [1.82, 2.24) is 5.32 Å². The first-order valence-electron chi connectivity index (χ1n) is 4.27. The van der Waals surface area contributed by atoms with Gasteiger partial charge in [-0.1, -0.05) is 26.7 Å². The maximum Gasteiger partial charge on any atom is 0.0150 e. The Morgan fingerprint density at radius 3 is 1.70 bits per heavy atom. The topological polar surface area (TPSA) is 12.0 Å².